The van der Waals surface area contributed by atoms with Gasteiger partial charge >= 0.3 is 0 Å². The first-order valence-electron chi connectivity index (χ1n) is 0.960. The lowest BCUT2D eigenvalue weighted by Crippen LogP contribution is -1.68. The Morgan fingerprint density at radius 3 is 2.67 bits per heavy atom. The normalized spacial score (nSPS) is 11.5. The second kappa shape index (κ2) is 5.41. The molecule has 0 rings (SSSR count). The number of rotatable bonds is 3. The molecule has 0 saturated carbocycles. The van der Waals surface area contributed by atoms with Gasteiger partial charge in [-0.05, 0) is 0 Å². The van der Waals surface area contributed by atoms with Gasteiger partial charge in [-0.3, -0.25) is 4.57 Å². The SMILES string of the molecule is O=PPOOO. The van der Waals surface area contributed by atoms with Gasteiger partial charge in [-0.15, -0.1) is 0 Å². The van der Waals surface area contributed by atoms with Gasteiger partial charge in [0, 0.05) is 0 Å². The van der Waals surface area contributed by atoms with E-state index in [-0.39, 0.29) is 16.6 Å². The minimum Gasteiger partial charge on any atom is -0.268 e. The molecule has 0 aliphatic heterocycles. The molecule has 1 N–H and O–H groups in total. The molecule has 0 radical (unpaired) electrons. The van der Waals surface area contributed by atoms with Gasteiger partial charge in [-0.2, -0.15) is 4.67 Å². The zero-order chi connectivity index (χ0) is 4.83. The van der Waals surface area contributed by atoms with Crippen LogP contribution in [0.25, 0.3) is 0 Å². The number of hydrogen-bond acceptors (Lipinski definition) is 4. The minimum absolute atomic E-state index is 0.184. The van der Waals surface area contributed by atoms with Gasteiger partial charge in [-0.1, -0.05) is 5.04 Å². The van der Waals surface area contributed by atoms with Crippen LogP contribution in [0.2, 0.25) is 0 Å². The molecule has 0 aliphatic rings. The van der Waals surface area contributed by atoms with Crippen molar-refractivity contribution >= 4 is 16.6 Å². The standard InChI is InChI=1S/H2O4P2/c1-3-4-6-5-2/h1,6H. The molecule has 0 aliphatic carbocycles. The summed E-state index contributed by atoms with van der Waals surface area (Å²) >= 11 is 0. The molecule has 4 nitrogen and oxygen atoms in total. The molecule has 36 valence electrons. The first-order valence-corrected chi connectivity index (χ1v) is 3.52. The summed E-state index contributed by atoms with van der Waals surface area (Å²) in [6, 6.07) is 0. The summed E-state index contributed by atoms with van der Waals surface area (Å²) in [4.78, 5) is 0. The predicted octanol–water partition coefficient (Wildman–Crippen LogP) is 1.21. The molecule has 1 atom stereocenters. The zero-order valence-corrected chi connectivity index (χ0v) is 4.51. The van der Waals surface area contributed by atoms with Crippen LogP contribution in [0.15, 0.2) is 0 Å². The van der Waals surface area contributed by atoms with E-state index in [0.717, 1.165) is 0 Å². The lowest BCUT2D eigenvalue weighted by molar-refractivity contribution is -0.434. The quantitative estimate of drug-likeness (QED) is 0.268. The van der Waals surface area contributed by atoms with Gasteiger partial charge in [0.05, 0.1) is 0 Å². The summed E-state index contributed by atoms with van der Waals surface area (Å²) in [6.07, 6.45) is 0. The van der Waals surface area contributed by atoms with Crippen molar-refractivity contribution in [2.45, 2.75) is 0 Å². The Hall–Kier alpha value is 0.410. The third-order valence-electron chi connectivity index (χ3n) is 0.112. The monoisotopic (exact) mass is 128 g/mol. The van der Waals surface area contributed by atoms with Crippen LogP contribution < -0.4 is 0 Å². The van der Waals surface area contributed by atoms with E-state index >= 15 is 0 Å². The summed E-state index contributed by atoms with van der Waals surface area (Å²) in [5.74, 6) is 0. The van der Waals surface area contributed by atoms with E-state index in [1.165, 1.54) is 0 Å². The Balaban J connectivity index is 2.49. The fourth-order valence-electron chi connectivity index (χ4n) is 0.0319. The molecule has 0 saturated heterocycles. The maximum absolute atomic E-state index is 9.36. The molecule has 0 bridgehead atoms. The Bertz CT molecular complexity index is 34.5. The Kier molecular flexibility index (Phi) is 5.78. The molecule has 6 heteroatoms. The number of hydrogen-bond donors (Lipinski definition) is 1. The van der Waals surface area contributed by atoms with E-state index < -0.39 is 0 Å². The molecule has 0 aromatic heterocycles. The maximum Gasteiger partial charge on any atom is 0.211 e. The van der Waals surface area contributed by atoms with E-state index in [4.69, 9.17) is 5.26 Å². The van der Waals surface area contributed by atoms with Gasteiger partial charge in [-0.25, -0.2) is 5.26 Å². The average molecular weight is 128 g/mol. The molecular formula is H2O4P2. The van der Waals surface area contributed by atoms with Crippen LogP contribution in [0.1, 0.15) is 0 Å². The van der Waals surface area contributed by atoms with Crippen molar-refractivity contribution in [1.82, 2.24) is 0 Å². The highest BCUT2D eigenvalue weighted by Crippen LogP contribution is 2.26. The van der Waals surface area contributed by atoms with Gasteiger partial charge in [0.15, 0.2) is 8.50 Å². The second-order valence-corrected chi connectivity index (χ2v) is 1.97. The van der Waals surface area contributed by atoms with E-state index in [2.05, 4.69) is 9.71 Å². The van der Waals surface area contributed by atoms with Crippen molar-refractivity contribution in [2.75, 3.05) is 0 Å². The van der Waals surface area contributed by atoms with Crippen LogP contribution in [0.5, 0.6) is 0 Å². The van der Waals surface area contributed by atoms with E-state index in [1.807, 2.05) is 0 Å². The van der Waals surface area contributed by atoms with E-state index in [9.17, 15) is 4.57 Å². The molecule has 0 amide bonds. The Morgan fingerprint density at radius 2 is 2.50 bits per heavy atom. The molecule has 6 heavy (non-hydrogen) atoms. The smallest absolute Gasteiger partial charge is 0.211 e. The van der Waals surface area contributed by atoms with Gasteiger partial charge in [0.25, 0.3) is 0 Å². The highest BCUT2D eigenvalue weighted by Gasteiger charge is 1.77. The molecule has 0 fully saturated rings. The first-order chi connectivity index (χ1) is 2.91. The third kappa shape index (κ3) is 4.41. The topological polar surface area (TPSA) is 55.8 Å². The fourth-order valence-corrected chi connectivity index (χ4v) is 0.287. The minimum atomic E-state index is -0.341. The van der Waals surface area contributed by atoms with Crippen molar-refractivity contribution in [3.05, 3.63) is 0 Å². The fraction of sp³-hybridized carbons (Fsp3) is 0. The summed E-state index contributed by atoms with van der Waals surface area (Å²) < 4.78 is 13.1. The van der Waals surface area contributed by atoms with Crippen LogP contribution in [-0.2, 0) is 14.3 Å². The molecule has 0 aromatic rings. The van der Waals surface area contributed by atoms with Gasteiger partial charge < -0.3 is 0 Å². The van der Waals surface area contributed by atoms with Crippen LogP contribution in [-0.4, -0.2) is 5.26 Å². The molecule has 0 aromatic carbocycles. The summed E-state index contributed by atoms with van der Waals surface area (Å²) in [7, 11) is -0.525. The molecule has 0 spiro atoms. The van der Waals surface area contributed by atoms with Gasteiger partial charge in [0.2, 0.25) is 8.15 Å². The van der Waals surface area contributed by atoms with Crippen LogP contribution in [0, 0.1) is 0 Å². The second-order valence-electron chi connectivity index (χ2n) is 0.340. The highest BCUT2D eigenvalue weighted by atomic mass is 32.0. The first kappa shape index (κ1) is 6.41. The molecule has 1 unspecified atom stereocenters. The third-order valence-corrected chi connectivity index (χ3v) is 0.783. The molecule has 0 heterocycles. The van der Waals surface area contributed by atoms with Crippen molar-refractivity contribution in [2.24, 2.45) is 0 Å². The van der Waals surface area contributed by atoms with Crippen molar-refractivity contribution < 1.29 is 19.5 Å². The zero-order valence-electron chi connectivity index (χ0n) is 2.62. The highest BCUT2D eigenvalue weighted by molar-refractivity contribution is 8.03. The Morgan fingerprint density at radius 1 is 1.83 bits per heavy atom. The molecular weight excluding hydrogens is 126 g/mol. The van der Waals surface area contributed by atoms with Crippen LogP contribution >= 0.6 is 16.6 Å². The largest absolute Gasteiger partial charge is 0.268 e. The van der Waals surface area contributed by atoms with Crippen molar-refractivity contribution in [3.63, 3.8) is 0 Å². The lowest BCUT2D eigenvalue weighted by atomic mass is 14.6. The van der Waals surface area contributed by atoms with Gasteiger partial charge in [0.1, 0.15) is 0 Å². The summed E-state index contributed by atoms with van der Waals surface area (Å²) in [5.41, 5.74) is 0. The maximum atomic E-state index is 9.36. The average Bonchev–Trinajstić information content (AvgIpc) is 1.61. The lowest BCUT2D eigenvalue weighted by Gasteiger charge is -1.81. The Labute approximate surface area is 37.3 Å². The van der Waals surface area contributed by atoms with Crippen molar-refractivity contribution in [1.29, 1.82) is 0 Å². The van der Waals surface area contributed by atoms with Crippen LogP contribution in [0.3, 0.4) is 0 Å². The predicted molar refractivity (Wildman–Crippen MR) is 20.7 cm³/mol. The summed E-state index contributed by atoms with van der Waals surface area (Å²) in [6.45, 7) is 0. The van der Waals surface area contributed by atoms with E-state index in [0.29, 0.717) is 0 Å². The van der Waals surface area contributed by atoms with E-state index in [1.54, 1.807) is 0 Å². The summed E-state index contributed by atoms with van der Waals surface area (Å²) in [5, 5.41) is 10.4. The van der Waals surface area contributed by atoms with Crippen LogP contribution in [0.4, 0.5) is 0 Å². The van der Waals surface area contributed by atoms with Crippen molar-refractivity contribution in [3.8, 4) is 0 Å².